The van der Waals surface area contributed by atoms with Gasteiger partial charge in [0.25, 0.3) is 0 Å². The third-order valence-corrected chi connectivity index (χ3v) is 1.89. The maximum atomic E-state index is 4.25. The first-order valence-electron chi connectivity index (χ1n) is 4.62. The van der Waals surface area contributed by atoms with Gasteiger partial charge in [0.1, 0.15) is 11.6 Å². The van der Waals surface area contributed by atoms with E-state index in [1.807, 2.05) is 19.9 Å². The van der Waals surface area contributed by atoms with Crippen LogP contribution >= 0.6 is 0 Å². The van der Waals surface area contributed by atoms with Crippen LogP contribution in [0.1, 0.15) is 11.5 Å². The number of aromatic nitrogens is 2. The number of nitrogens with one attached hydrogen (secondary N) is 2. The molecule has 1 aliphatic rings. The number of anilines is 1. The Morgan fingerprint density at radius 3 is 2.86 bits per heavy atom. The molecule has 0 amide bonds. The van der Waals surface area contributed by atoms with Gasteiger partial charge in [0.05, 0.1) is 6.54 Å². The first kappa shape index (κ1) is 8.93. The van der Waals surface area contributed by atoms with Crippen molar-refractivity contribution < 1.29 is 0 Å². The summed E-state index contributed by atoms with van der Waals surface area (Å²) in [4.78, 5) is 12.7. The lowest BCUT2D eigenvalue weighted by molar-refractivity contribution is 0.957. The summed E-state index contributed by atoms with van der Waals surface area (Å²) in [6.07, 6.45) is 0. The number of rotatable bonds is 1. The maximum Gasteiger partial charge on any atom is 0.197 e. The second-order valence-electron chi connectivity index (χ2n) is 3.22. The molecule has 0 saturated carbocycles. The Labute approximate surface area is 82.7 Å². The standard InChI is InChI=1S/C9H13N5/c1-6-5-8(13-7(2)12-6)14-9-10-3-4-11-9/h5H,3-4H2,1-2H3,(H2,10,11,12,13,14). The van der Waals surface area contributed by atoms with E-state index in [-0.39, 0.29) is 0 Å². The van der Waals surface area contributed by atoms with Crippen molar-refractivity contribution in [2.75, 3.05) is 18.4 Å². The highest BCUT2D eigenvalue weighted by atomic mass is 15.2. The Balaban J connectivity index is 2.15. The molecular weight excluding hydrogens is 178 g/mol. The number of nitrogens with zero attached hydrogens (tertiary/aromatic N) is 3. The van der Waals surface area contributed by atoms with Gasteiger partial charge in [-0.1, -0.05) is 0 Å². The molecule has 74 valence electrons. The van der Waals surface area contributed by atoms with Crippen molar-refractivity contribution in [3.8, 4) is 0 Å². The SMILES string of the molecule is Cc1cc(NC2=NCCN2)nc(C)n1. The summed E-state index contributed by atoms with van der Waals surface area (Å²) in [5, 5.41) is 6.23. The summed E-state index contributed by atoms with van der Waals surface area (Å²) in [5.41, 5.74) is 0.957. The van der Waals surface area contributed by atoms with Gasteiger partial charge in [0.15, 0.2) is 5.96 Å². The molecule has 5 nitrogen and oxygen atoms in total. The Morgan fingerprint density at radius 2 is 2.21 bits per heavy atom. The van der Waals surface area contributed by atoms with Crippen molar-refractivity contribution in [3.05, 3.63) is 17.6 Å². The van der Waals surface area contributed by atoms with Crippen molar-refractivity contribution in [2.45, 2.75) is 13.8 Å². The molecule has 0 aliphatic carbocycles. The zero-order valence-corrected chi connectivity index (χ0v) is 8.33. The molecule has 1 aromatic rings. The Morgan fingerprint density at radius 1 is 1.36 bits per heavy atom. The predicted molar refractivity (Wildman–Crippen MR) is 55.4 cm³/mol. The molecule has 0 fully saturated rings. The molecule has 0 radical (unpaired) electrons. The molecule has 5 heteroatoms. The number of aryl methyl sites for hydroxylation is 2. The fraction of sp³-hybridized carbons (Fsp3) is 0.444. The highest BCUT2D eigenvalue weighted by Crippen LogP contribution is 2.05. The fourth-order valence-electron chi connectivity index (χ4n) is 1.38. The van der Waals surface area contributed by atoms with E-state index in [2.05, 4.69) is 25.6 Å². The summed E-state index contributed by atoms with van der Waals surface area (Å²) in [7, 11) is 0. The summed E-state index contributed by atoms with van der Waals surface area (Å²) >= 11 is 0. The van der Waals surface area contributed by atoms with E-state index in [9.17, 15) is 0 Å². The third-order valence-electron chi connectivity index (χ3n) is 1.89. The van der Waals surface area contributed by atoms with Crippen molar-refractivity contribution in [3.63, 3.8) is 0 Å². The van der Waals surface area contributed by atoms with E-state index in [1.165, 1.54) is 0 Å². The molecule has 0 spiro atoms. The maximum absolute atomic E-state index is 4.25. The number of guanidine groups is 1. The van der Waals surface area contributed by atoms with Crippen LogP contribution in [0, 0.1) is 13.8 Å². The lowest BCUT2D eigenvalue weighted by Crippen LogP contribution is -2.26. The summed E-state index contributed by atoms with van der Waals surface area (Å²) < 4.78 is 0. The molecule has 0 unspecified atom stereocenters. The van der Waals surface area contributed by atoms with Gasteiger partial charge < -0.3 is 10.6 Å². The molecule has 0 saturated heterocycles. The first-order valence-corrected chi connectivity index (χ1v) is 4.62. The summed E-state index contributed by atoms with van der Waals surface area (Å²) in [6, 6.07) is 1.90. The van der Waals surface area contributed by atoms with Crippen molar-refractivity contribution in [2.24, 2.45) is 4.99 Å². The molecular formula is C9H13N5. The zero-order valence-electron chi connectivity index (χ0n) is 8.33. The van der Waals surface area contributed by atoms with E-state index >= 15 is 0 Å². The van der Waals surface area contributed by atoms with Gasteiger partial charge in [-0.2, -0.15) is 0 Å². The second kappa shape index (κ2) is 3.61. The number of hydrogen-bond acceptors (Lipinski definition) is 5. The highest BCUT2D eigenvalue weighted by Gasteiger charge is 2.06. The molecule has 1 aliphatic heterocycles. The second-order valence-corrected chi connectivity index (χ2v) is 3.22. The quantitative estimate of drug-likeness (QED) is 0.677. The van der Waals surface area contributed by atoms with Crippen molar-refractivity contribution in [1.82, 2.24) is 15.3 Å². The lowest BCUT2D eigenvalue weighted by Gasteiger charge is -2.06. The van der Waals surface area contributed by atoms with Crippen LogP contribution in [0.2, 0.25) is 0 Å². The average molecular weight is 191 g/mol. The van der Waals surface area contributed by atoms with Crippen LogP contribution in [0.25, 0.3) is 0 Å². The van der Waals surface area contributed by atoms with Gasteiger partial charge in [-0.05, 0) is 13.8 Å². The molecule has 0 atom stereocenters. The van der Waals surface area contributed by atoms with Crippen LogP contribution in [0.3, 0.4) is 0 Å². The van der Waals surface area contributed by atoms with E-state index in [0.717, 1.165) is 36.4 Å². The molecule has 2 rings (SSSR count). The molecule has 0 bridgehead atoms. The molecule has 2 heterocycles. The minimum atomic E-state index is 0.770. The minimum Gasteiger partial charge on any atom is -0.354 e. The lowest BCUT2D eigenvalue weighted by atomic mass is 10.4. The fourth-order valence-corrected chi connectivity index (χ4v) is 1.38. The van der Waals surface area contributed by atoms with Gasteiger partial charge in [-0.25, -0.2) is 9.97 Å². The zero-order chi connectivity index (χ0) is 9.97. The molecule has 0 aromatic carbocycles. The van der Waals surface area contributed by atoms with Gasteiger partial charge in [-0.15, -0.1) is 0 Å². The monoisotopic (exact) mass is 191 g/mol. The Bertz CT molecular complexity index is 351. The Kier molecular flexibility index (Phi) is 2.30. The normalized spacial score (nSPS) is 14.9. The highest BCUT2D eigenvalue weighted by molar-refractivity contribution is 5.93. The smallest absolute Gasteiger partial charge is 0.197 e. The number of aliphatic imine (C=N–C) groups is 1. The van der Waals surface area contributed by atoms with Gasteiger partial charge in [0, 0.05) is 18.3 Å². The van der Waals surface area contributed by atoms with E-state index in [1.54, 1.807) is 0 Å². The van der Waals surface area contributed by atoms with Gasteiger partial charge in [0.2, 0.25) is 0 Å². The molecule has 2 N–H and O–H groups in total. The molecule has 14 heavy (non-hydrogen) atoms. The summed E-state index contributed by atoms with van der Waals surface area (Å²) in [5.74, 6) is 2.36. The van der Waals surface area contributed by atoms with E-state index in [4.69, 9.17) is 0 Å². The topological polar surface area (TPSA) is 62.2 Å². The average Bonchev–Trinajstić information content (AvgIpc) is 2.54. The van der Waals surface area contributed by atoms with Gasteiger partial charge in [-0.3, -0.25) is 4.99 Å². The van der Waals surface area contributed by atoms with Crippen LogP contribution in [-0.4, -0.2) is 29.0 Å². The largest absolute Gasteiger partial charge is 0.354 e. The van der Waals surface area contributed by atoms with E-state index in [0.29, 0.717) is 0 Å². The number of hydrogen-bond donors (Lipinski definition) is 2. The predicted octanol–water partition coefficient (Wildman–Crippen LogP) is 0.465. The first-order chi connectivity index (χ1) is 6.74. The van der Waals surface area contributed by atoms with Crippen LogP contribution in [0.5, 0.6) is 0 Å². The molecule has 1 aromatic heterocycles. The van der Waals surface area contributed by atoms with Gasteiger partial charge >= 0.3 is 0 Å². The van der Waals surface area contributed by atoms with Crippen LogP contribution in [0.4, 0.5) is 5.82 Å². The summed E-state index contributed by atoms with van der Waals surface area (Å²) in [6.45, 7) is 5.54. The van der Waals surface area contributed by atoms with Crippen molar-refractivity contribution >= 4 is 11.8 Å². The van der Waals surface area contributed by atoms with Crippen molar-refractivity contribution in [1.29, 1.82) is 0 Å². The third kappa shape index (κ3) is 1.99. The van der Waals surface area contributed by atoms with Crippen LogP contribution in [-0.2, 0) is 0 Å². The van der Waals surface area contributed by atoms with Crippen LogP contribution in [0.15, 0.2) is 11.1 Å². The van der Waals surface area contributed by atoms with Crippen LogP contribution < -0.4 is 10.6 Å². The van der Waals surface area contributed by atoms with E-state index < -0.39 is 0 Å². The minimum absolute atomic E-state index is 0.770. The Hall–Kier alpha value is -1.65.